The Bertz CT molecular complexity index is 322. The molecule has 0 fully saturated rings. The minimum Gasteiger partial charge on any atom is -0.302 e. The third-order valence-corrected chi connectivity index (χ3v) is 3.20. The van der Waals surface area contributed by atoms with Crippen LogP contribution >= 0.6 is 31.9 Å². The fourth-order valence-electron chi connectivity index (χ4n) is 1.49. The monoisotopic (exact) mass is 351 g/mol. The number of nitrogens with zero attached hydrogens (tertiary/aromatic N) is 1. The molecule has 0 spiro atoms. The Kier molecular flexibility index (Phi) is 5.94. The highest BCUT2D eigenvalue weighted by atomic mass is 79.9. The second-order valence-corrected chi connectivity index (χ2v) is 6.56. The van der Waals surface area contributed by atoms with Crippen molar-refractivity contribution in [1.82, 2.24) is 4.90 Å². The summed E-state index contributed by atoms with van der Waals surface area (Å²) < 4.78 is 13.9. The van der Waals surface area contributed by atoms with E-state index in [1.165, 1.54) is 6.07 Å². The lowest BCUT2D eigenvalue weighted by Crippen LogP contribution is -2.20. The normalized spacial score (nSPS) is 13.1. The summed E-state index contributed by atoms with van der Waals surface area (Å²) in [6.45, 7) is 3.91. The quantitative estimate of drug-likeness (QED) is 0.718. The fourth-order valence-corrected chi connectivity index (χ4v) is 2.21. The molecule has 1 rings (SSSR count). The average molecular weight is 353 g/mol. The maximum Gasteiger partial charge on any atom is 0.124 e. The average Bonchev–Trinajstić information content (AvgIpc) is 2.12. The van der Waals surface area contributed by atoms with Gasteiger partial charge in [-0.25, -0.2) is 4.39 Å². The number of hydrogen-bond donors (Lipinski definition) is 0. The molecule has 0 aliphatic heterocycles. The van der Waals surface area contributed by atoms with Crippen molar-refractivity contribution < 1.29 is 4.39 Å². The van der Waals surface area contributed by atoms with Gasteiger partial charge in [-0.05, 0) is 43.8 Å². The van der Waals surface area contributed by atoms with E-state index in [0.29, 0.717) is 4.83 Å². The Hall–Kier alpha value is 0.0700. The second-order valence-electron chi connectivity index (χ2n) is 4.08. The molecular formula is C12H16Br2FN. The Morgan fingerprint density at radius 3 is 2.62 bits per heavy atom. The molecule has 0 aromatic heterocycles. The second kappa shape index (κ2) is 6.72. The van der Waals surface area contributed by atoms with Crippen LogP contribution in [0.4, 0.5) is 4.39 Å². The zero-order valence-corrected chi connectivity index (χ0v) is 12.7. The molecule has 0 saturated heterocycles. The molecule has 1 aromatic carbocycles. The first-order chi connectivity index (χ1) is 7.47. The van der Waals surface area contributed by atoms with Crippen molar-refractivity contribution in [3.05, 3.63) is 34.1 Å². The van der Waals surface area contributed by atoms with Crippen LogP contribution in [0.25, 0.3) is 0 Å². The summed E-state index contributed by atoms with van der Waals surface area (Å²) in [5, 5.41) is 0. The summed E-state index contributed by atoms with van der Waals surface area (Å²) >= 11 is 6.82. The van der Waals surface area contributed by atoms with Gasteiger partial charge in [0.1, 0.15) is 5.82 Å². The van der Waals surface area contributed by atoms with Gasteiger partial charge in [-0.3, -0.25) is 0 Å². The highest BCUT2D eigenvalue weighted by Crippen LogP contribution is 2.16. The maximum atomic E-state index is 13.1. The molecule has 90 valence electrons. The van der Waals surface area contributed by atoms with Crippen LogP contribution in [-0.2, 0) is 6.54 Å². The summed E-state index contributed by atoms with van der Waals surface area (Å²) in [7, 11) is 2.05. The van der Waals surface area contributed by atoms with E-state index in [9.17, 15) is 4.39 Å². The topological polar surface area (TPSA) is 3.24 Å². The van der Waals surface area contributed by atoms with Crippen molar-refractivity contribution in [1.29, 1.82) is 0 Å². The summed E-state index contributed by atoms with van der Waals surface area (Å²) in [5.74, 6) is -0.188. The lowest BCUT2D eigenvalue weighted by Gasteiger charge is -2.17. The molecule has 0 amide bonds. The van der Waals surface area contributed by atoms with Gasteiger partial charge < -0.3 is 4.90 Å². The highest BCUT2D eigenvalue weighted by molar-refractivity contribution is 9.10. The van der Waals surface area contributed by atoms with E-state index < -0.39 is 0 Å². The van der Waals surface area contributed by atoms with Crippen LogP contribution in [0.1, 0.15) is 18.9 Å². The molecule has 0 aliphatic rings. The number of alkyl halides is 1. The van der Waals surface area contributed by atoms with E-state index in [1.807, 2.05) is 13.1 Å². The number of halogens is 3. The SMILES string of the molecule is CC(Br)CCN(C)Cc1cc(F)cc(Br)c1. The maximum absolute atomic E-state index is 13.1. The van der Waals surface area contributed by atoms with Crippen LogP contribution in [0.2, 0.25) is 0 Å². The molecule has 1 aromatic rings. The van der Waals surface area contributed by atoms with Gasteiger partial charge in [-0.15, -0.1) is 0 Å². The molecule has 0 radical (unpaired) electrons. The van der Waals surface area contributed by atoms with E-state index in [4.69, 9.17) is 0 Å². The molecule has 4 heteroatoms. The smallest absolute Gasteiger partial charge is 0.124 e. The van der Waals surface area contributed by atoms with Gasteiger partial charge in [0.25, 0.3) is 0 Å². The van der Waals surface area contributed by atoms with Gasteiger partial charge in [-0.2, -0.15) is 0 Å². The zero-order valence-electron chi connectivity index (χ0n) is 9.51. The molecule has 16 heavy (non-hydrogen) atoms. The molecular weight excluding hydrogens is 337 g/mol. The van der Waals surface area contributed by atoms with E-state index >= 15 is 0 Å². The van der Waals surface area contributed by atoms with Gasteiger partial charge in [0, 0.05) is 15.8 Å². The van der Waals surface area contributed by atoms with Crippen molar-refractivity contribution in [3.63, 3.8) is 0 Å². The Labute approximate surface area is 113 Å². The molecule has 1 unspecified atom stereocenters. The molecule has 1 nitrogen and oxygen atoms in total. The Morgan fingerprint density at radius 1 is 1.38 bits per heavy atom. The van der Waals surface area contributed by atoms with Crippen LogP contribution < -0.4 is 0 Å². The van der Waals surface area contributed by atoms with Crippen molar-refractivity contribution in [2.24, 2.45) is 0 Å². The lowest BCUT2D eigenvalue weighted by molar-refractivity contribution is 0.322. The van der Waals surface area contributed by atoms with Crippen molar-refractivity contribution in [2.75, 3.05) is 13.6 Å². The van der Waals surface area contributed by atoms with E-state index in [1.54, 1.807) is 6.07 Å². The first kappa shape index (κ1) is 14.1. The predicted octanol–water partition coefficient (Wildman–Crippen LogP) is 4.19. The van der Waals surface area contributed by atoms with Gasteiger partial charge in [0.05, 0.1) is 0 Å². The Morgan fingerprint density at radius 2 is 2.06 bits per heavy atom. The molecule has 0 heterocycles. The molecule has 1 atom stereocenters. The third kappa shape index (κ3) is 5.41. The standard InChI is InChI=1S/C12H16Br2FN/c1-9(13)3-4-16(2)8-10-5-11(14)7-12(15)6-10/h5-7,9H,3-4,8H2,1-2H3. The predicted molar refractivity (Wildman–Crippen MR) is 73.4 cm³/mol. The summed E-state index contributed by atoms with van der Waals surface area (Å²) in [6, 6.07) is 5.01. The molecule has 0 N–H and O–H groups in total. The highest BCUT2D eigenvalue weighted by Gasteiger charge is 2.04. The van der Waals surface area contributed by atoms with E-state index in [0.717, 1.165) is 29.5 Å². The van der Waals surface area contributed by atoms with Crippen LogP contribution in [0, 0.1) is 5.82 Å². The number of hydrogen-bond acceptors (Lipinski definition) is 1. The van der Waals surface area contributed by atoms with E-state index in [2.05, 4.69) is 43.7 Å². The van der Waals surface area contributed by atoms with Crippen molar-refractivity contribution in [2.45, 2.75) is 24.7 Å². The van der Waals surface area contributed by atoms with Crippen LogP contribution in [0.3, 0.4) is 0 Å². The molecule has 0 bridgehead atoms. The first-order valence-corrected chi connectivity index (χ1v) is 6.96. The Balaban J connectivity index is 2.52. The van der Waals surface area contributed by atoms with Crippen LogP contribution in [-0.4, -0.2) is 23.3 Å². The number of rotatable bonds is 5. The summed E-state index contributed by atoms with van der Waals surface area (Å²) in [6.07, 6.45) is 1.09. The fraction of sp³-hybridized carbons (Fsp3) is 0.500. The third-order valence-electron chi connectivity index (χ3n) is 2.28. The largest absolute Gasteiger partial charge is 0.302 e. The van der Waals surface area contributed by atoms with E-state index in [-0.39, 0.29) is 5.82 Å². The van der Waals surface area contributed by atoms with Crippen LogP contribution in [0.5, 0.6) is 0 Å². The molecule has 0 aliphatic carbocycles. The van der Waals surface area contributed by atoms with Gasteiger partial charge in [-0.1, -0.05) is 38.8 Å². The minimum atomic E-state index is -0.188. The number of benzene rings is 1. The molecule has 0 saturated carbocycles. The van der Waals surface area contributed by atoms with Crippen molar-refractivity contribution in [3.8, 4) is 0 Å². The van der Waals surface area contributed by atoms with Gasteiger partial charge in [0.2, 0.25) is 0 Å². The summed E-state index contributed by atoms with van der Waals surface area (Å²) in [4.78, 5) is 2.72. The van der Waals surface area contributed by atoms with Gasteiger partial charge in [0.15, 0.2) is 0 Å². The summed E-state index contributed by atoms with van der Waals surface area (Å²) in [5.41, 5.74) is 0.997. The van der Waals surface area contributed by atoms with Crippen molar-refractivity contribution >= 4 is 31.9 Å². The minimum absolute atomic E-state index is 0.188. The first-order valence-electron chi connectivity index (χ1n) is 5.25. The van der Waals surface area contributed by atoms with Gasteiger partial charge >= 0.3 is 0 Å². The van der Waals surface area contributed by atoms with Crippen LogP contribution in [0.15, 0.2) is 22.7 Å². The lowest BCUT2D eigenvalue weighted by atomic mass is 10.2. The zero-order chi connectivity index (χ0) is 12.1.